The lowest BCUT2D eigenvalue weighted by Crippen LogP contribution is -2.16. The highest BCUT2D eigenvalue weighted by Crippen LogP contribution is 2.30. The smallest absolute Gasteiger partial charge is 0.225 e. The molecule has 0 spiro atoms. The predicted molar refractivity (Wildman–Crippen MR) is 88.0 cm³/mol. The highest BCUT2D eigenvalue weighted by Gasteiger charge is 2.10. The molecular weight excluding hydrogens is 270 g/mol. The van der Waals surface area contributed by atoms with Gasteiger partial charge in [0.2, 0.25) is 5.95 Å². The molecule has 0 aromatic carbocycles. The SMILES string of the molecule is CCc1cc2c(NCCCN(C)C)nc(NC)nc2s1. The van der Waals surface area contributed by atoms with Gasteiger partial charge in [-0.3, -0.25) is 0 Å². The van der Waals surface area contributed by atoms with Crippen molar-refractivity contribution in [3.63, 3.8) is 0 Å². The molecule has 0 saturated carbocycles. The molecule has 0 unspecified atom stereocenters. The second kappa shape index (κ2) is 6.85. The third-order valence-corrected chi connectivity index (χ3v) is 4.26. The van der Waals surface area contributed by atoms with Crippen LogP contribution >= 0.6 is 11.3 Å². The quantitative estimate of drug-likeness (QED) is 0.769. The van der Waals surface area contributed by atoms with Crippen LogP contribution in [-0.2, 0) is 6.42 Å². The van der Waals surface area contributed by atoms with Crippen molar-refractivity contribution >= 4 is 33.3 Å². The van der Waals surface area contributed by atoms with Crippen molar-refractivity contribution in [2.24, 2.45) is 0 Å². The summed E-state index contributed by atoms with van der Waals surface area (Å²) in [4.78, 5) is 13.7. The number of nitrogens with one attached hydrogen (secondary N) is 2. The number of nitrogens with zero attached hydrogens (tertiary/aromatic N) is 3. The minimum atomic E-state index is 0.678. The molecule has 2 heterocycles. The summed E-state index contributed by atoms with van der Waals surface area (Å²) in [7, 11) is 6.04. The van der Waals surface area contributed by atoms with Crippen molar-refractivity contribution in [1.29, 1.82) is 0 Å². The number of hydrogen-bond donors (Lipinski definition) is 2. The topological polar surface area (TPSA) is 53.1 Å². The highest BCUT2D eigenvalue weighted by atomic mass is 32.1. The third kappa shape index (κ3) is 3.58. The van der Waals surface area contributed by atoms with E-state index in [0.717, 1.165) is 42.0 Å². The van der Waals surface area contributed by atoms with Gasteiger partial charge < -0.3 is 15.5 Å². The zero-order valence-corrected chi connectivity index (χ0v) is 13.5. The summed E-state index contributed by atoms with van der Waals surface area (Å²) in [5.74, 6) is 1.62. The van der Waals surface area contributed by atoms with Crippen molar-refractivity contribution in [1.82, 2.24) is 14.9 Å². The van der Waals surface area contributed by atoms with E-state index in [2.05, 4.69) is 52.6 Å². The van der Waals surface area contributed by atoms with Crippen molar-refractivity contribution in [2.75, 3.05) is 44.9 Å². The van der Waals surface area contributed by atoms with Gasteiger partial charge in [0.15, 0.2) is 0 Å². The summed E-state index contributed by atoms with van der Waals surface area (Å²) < 4.78 is 0. The molecule has 0 saturated heterocycles. The van der Waals surface area contributed by atoms with Gasteiger partial charge in [-0.25, -0.2) is 4.98 Å². The molecule has 0 aliphatic heterocycles. The molecule has 110 valence electrons. The van der Waals surface area contributed by atoms with Gasteiger partial charge in [-0.1, -0.05) is 6.92 Å². The fourth-order valence-corrected chi connectivity index (χ4v) is 2.96. The van der Waals surface area contributed by atoms with E-state index >= 15 is 0 Å². The van der Waals surface area contributed by atoms with E-state index in [1.54, 1.807) is 11.3 Å². The van der Waals surface area contributed by atoms with Crippen LogP contribution in [0, 0.1) is 0 Å². The van der Waals surface area contributed by atoms with Crippen molar-refractivity contribution in [3.05, 3.63) is 10.9 Å². The normalized spacial score (nSPS) is 11.2. The Balaban J connectivity index is 2.18. The van der Waals surface area contributed by atoms with Gasteiger partial charge in [0, 0.05) is 18.5 Å². The average Bonchev–Trinajstić information content (AvgIpc) is 2.86. The fraction of sp³-hybridized carbons (Fsp3) is 0.571. The lowest BCUT2D eigenvalue weighted by Gasteiger charge is -2.11. The molecule has 0 fully saturated rings. The lowest BCUT2D eigenvalue weighted by molar-refractivity contribution is 0.405. The van der Waals surface area contributed by atoms with Crippen LogP contribution in [0.3, 0.4) is 0 Å². The number of aromatic nitrogens is 2. The van der Waals surface area contributed by atoms with E-state index in [4.69, 9.17) is 0 Å². The molecule has 2 aromatic rings. The third-order valence-electron chi connectivity index (χ3n) is 3.09. The van der Waals surface area contributed by atoms with E-state index in [-0.39, 0.29) is 0 Å². The Kier molecular flexibility index (Phi) is 5.14. The van der Waals surface area contributed by atoms with Gasteiger partial charge >= 0.3 is 0 Å². The standard InChI is InChI=1S/C14H23N5S/c1-5-10-9-11-12(16-7-6-8-19(3)4)17-14(15-2)18-13(11)20-10/h9H,5-8H2,1-4H3,(H2,15,16,17,18). The minimum absolute atomic E-state index is 0.678. The molecule has 5 nitrogen and oxygen atoms in total. The van der Waals surface area contributed by atoms with E-state index in [0.29, 0.717) is 5.95 Å². The van der Waals surface area contributed by atoms with Crippen molar-refractivity contribution in [3.8, 4) is 0 Å². The molecule has 6 heteroatoms. The zero-order chi connectivity index (χ0) is 14.5. The minimum Gasteiger partial charge on any atom is -0.369 e. The largest absolute Gasteiger partial charge is 0.369 e. The van der Waals surface area contributed by atoms with Crippen LogP contribution in [0.2, 0.25) is 0 Å². The van der Waals surface area contributed by atoms with Crippen LogP contribution in [-0.4, -0.2) is 49.1 Å². The molecule has 0 aliphatic carbocycles. The Morgan fingerprint density at radius 1 is 1.30 bits per heavy atom. The molecule has 0 bridgehead atoms. The fourth-order valence-electron chi connectivity index (χ4n) is 1.99. The molecule has 2 aromatic heterocycles. The first kappa shape index (κ1) is 15.0. The number of aryl methyl sites for hydroxylation is 1. The van der Waals surface area contributed by atoms with Crippen LogP contribution in [0.5, 0.6) is 0 Å². The van der Waals surface area contributed by atoms with Crippen LogP contribution in [0.4, 0.5) is 11.8 Å². The Morgan fingerprint density at radius 3 is 2.75 bits per heavy atom. The number of thiophene rings is 1. The molecular formula is C14H23N5S. The Hall–Kier alpha value is -1.40. The first-order valence-corrected chi connectivity index (χ1v) is 7.82. The highest BCUT2D eigenvalue weighted by molar-refractivity contribution is 7.18. The molecule has 0 aliphatic rings. The molecule has 0 atom stereocenters. The molecule has 2 N–H and O–H groups in total. The van der Waals surface area contributed by atoms with E-state index in [1.807, 2.05) is 7.05 Å². The summed E-state index contributed by atoms with van der Waals surface area (Å²) in [6.07, 6.45) is 2.13. The first-order valence-electron chi connectivity index (χ1n) is 7.00. The predicted octanol–water partition coefficient (Wildman–Crippen LogP) is 2.66. The summed E-state index contributed by atoms with van der Waals surface area (Å²) in [5, 5.41) is 7.61. The van der Waals surface area contributed by atoms with Crippen molar-refractivity contribution in [2.45, 2.75) is 19.8 Å². The van der Waals surface area contributed by atoms with Crippen LogP contribution in [0.1, 0.15) is 18.2 Å². The van der Waals surface area contributed by atoms with E-state index < -0.39 is 0 Å². The Labute approximate surface area is 124 Å². The van der Waals surface area contributed by atoms with Crippen molar-refractivity contribution < 1.29 is 0 Å². The van der Waals surface area contributed by atoms with Gasteiger partial charge in [0.05, 0.1) is 5.39 Å². The number of hydrogen-bond acceptors (Lipinski definition) is 6. The maximum atomic E-state index is 4.54. The second-order valence-electron chi connectivity index (χ2n) is 5.01. The van der Waals surface area contributed by atoms with Gasteiger partial charge in [0.25, 0.3) is 0 Å². The van der Waals surface area contributed by atoms with E-state index in [9.17, 15) is 0 Å². The second-order valence-corrected chi connectivity index (χ2v) is 6.13. The molecule has 0 amide bonds. The van der Waals surface area contributed by atoms with Gasteiger partial charge in [0.1, 0.15) is 10.6 Å². The van der Waals surface area contributed by atoms with Gasteiger partial charge in [-0.2, -0.15) is 4.98 Å². The van der Waals surface area contributed by atoms with Gasteiger partial charge in [-0.15, -0.1) is 11.3 Å². The number of anilines is 2. The Bertz CT molecular complexity index is 564. The van der Waals surface area contributed by atoms with Gasteiger partial charge in [-0.05, 0) is 39.5 Å². The Morgan fingerprint density at radius 2 is 2.10 bits per heavy atom. The zero-order valence-electron chi connectivity index (χ0n) is 12.7. The first-order chi connectivity index (χ1) is 9.63. The monoisotopic (exact) mass is 293 g/mol. The number of rotatable bonds is 7. The van der Waals surface area contributed by atoms with Crippen LogP contribution in [0.15, 0.2) is 6.07 Å². The van der Waals surface area contributed by atoms with Crippen LogP contribution in [0.25, 0.3) is 10.2 Å². The average molecular weight is 293 g/mol. The summed E-state index contributed by atoms with van der Waals surface area (Å²) in [6, 6.07) is 2.20. The summed E-state index contributed by atoms with van der Waals surface area (Å²) in [6.45, 7) is 4.16. The molecule has 20 heavy (non-hydrogen) atoms. The molecule has 2 rings (SSSR count). The maximum Gasteiger partial charge on any atom is 0.225 e. The summed E-state index contributed by atoms with van der Waals surface area (Å²) in [5.41, 5.74) is 0. The lowest BCUT2D eigenvalue weighted by atomic mass is 10.3. The number of fused-ring (bicyclic) bond motifs is 1. The summed E-state index contributed by atoms with van der Waals surface area (Å²) >= 11 is 1.75. The molecule has 0 radical (unpaired) electrons. The van der Waals surface area contributed by atoms with E-state index in [1.165, 1.54) is 4.88 Å². The maximum absolute atomic E-state index is 4.54. The van der Waals surface area contributed by atoms with Crippen LogP contribution < -0.4 is 10.6 Å².